The lowest BCUT2D eigenvalue weighted by molar-refractivity contribution is -0.148. The molecule has 0 radical (unpaired) electrons. The van der Waals surface area contributed by atoms with Crippen LogP contribution >= 0.6 is 11.6 Å². The highest BCUT2D eigenvalue weighted by Crippen LogP contribution is 2.17. The number of hydrogen-bond donors (Lipinski definition) is 1. The monoisotopic (exact) mass is 273 g/mol. The van der Waals surface area contributed by atoms with Gasteiger partial charge in [0, 0.05) is 0 Å². The Hall–Kier alpha value is -1.07. The lowest BCUT2D eigenvalue weighted by Crippen LogP contribution is -2.53. The fraction of sp³-hybridized carbons (Fsp3) is 0.667. The average molecular weight is 274 g/mol. The molecule has 1 aromatic heterocycles. The zero-order chi connectivity index (χ0) is 13.8. The number of nitrogens with one attached hydrogen (secondary N) is 1. The summed E-state index contributed by atoms with van der Waals surface area (Å²) in [5.41, 5.74) is 0.0373. The highest BCUT2D eigenvalue weighted by atomic mass is 35.5. The first-order valence-corrected chi connectivity index (χ1v) is 6.33. The van der Waals surface area contributed by atoms with E-state index in [4.69, 9.17) is 16.3 Å². The zero-order valence-corrected chi connectivity index (χ0v) is 12.0. The second-order valence-corrected chi connectivity index (χ2v) is 4.89. The maximum absolute atomic E-state index is 11.9. The topological polar surface area (TPSA) is 56.2 Å². The van der Waals surface area contributed by atoms with E-state index in [0.29, 0.717) is 11.6 Å². The molecule has 1 N–H and O–H groups in total. The number of rotatable bonds is 6. The lowest BCUT2D eigenvalue weighted by Gasteiger charge is -2.28. The standard InChI is InChI=1S/C12H20ClN3O2/c1-5-6-14-12(3,11(17)18-4)8-16-9(2)10(13)7-15-16/h7,14H,5-6,8H2,1-4H3. The summed E-state index contributed by atoms with van der Waals surface area (Å²) in [7, 11) is 1.39. The fourth-order valence-electron chi connectivity index (χ4n) is 1.70. The van der Waals surface area contributed by atoms with E-state index in [9.17, 15) is 4.79 Å². The van der Waals surface area contributed by atoms with E-state index in [1.165, 1.54) is 7.11 Å². The first-order valence-electron chi connectivity index (χ1n) is 5.96. The van der Waals surface area contributed by atoms with Gasteiger partial charge in [0.15, 0.2) is 0 Å². The van der Waals surface area contributed by atoms with Gasteiger partial charge in [-0.1, -0.05) is 18.5 Å². The summed E-state index contributed by atoms with van der Waals surface area (Å²) < 4.78 is 6.57. The van der Waals surface area contributed by atoms with E-state index in [1.807, 2.05) is 20.8 Å². The Kier molecular flexibility index (Phi) is 5.16. The number of methoxy groups -OCH3 is 1. The van der Waals surface area contributed by atoms with Crippen molar-refractivity contribution in [2.24, 2.45) is 0 Å². The Bertz CT molecular complexity index is 419. The third-order valence-electron chi connectivity index (χ3n) is 2.91. The molecule has 18 heavy (non-hydrogen) atoms. The summed E-state index contributed by atoms with van der Waals surface area (Å²) in [5.74, 6) is -0.304. The summed E-state index contributed by atoms with van der Waals surface area (Å²) in [5, 5.41) is 7.96. The Morgan fingerprint density at radius 2 is 2.33 bits per heavy atom. The number of halogens is 1. The molecule has 1 aromatic rings. The molecule has 0 aromatic carbocycles. The normalized spacial score (nSPS) is 14.3. The van der Waals surface area contributed by atoms with Gasteiger partial charge in [0.25, 0.3) is 0 Å². The van der Waals surface area contributed by atoms with Crippen LogP contribution in [-0.2, 0) is 16.1 Å². The number of ether oxygens (including phenoxy) is 1. The van der Waals surface area contributed by atoms with Crippen LogP contribution in [0.2, 0.25) is 5.02 Å². The molecular weight excluding hydrogens is 254 g/mol. The van der Waals surface area contributed by atoms with E-state index < -0.39 is 5.54 Å². The number of carbonyl (C=O) groups is 1. The summed E-state index contributed by atoms with van der Waals surface area (Å²) in [6.45, 7) is 6.84. The molecule has 0 aliphatic heterocycles. The van der Waals surface area contributed by atoms with Crippen LogP contribution in [0.5, 0.6) is 0 Å². The van der Waals surface area contributed by atoms with Crippen LogP contribution in [0.15, 0.2) is 6.20 Å². The van der Waals surface area contributed by atoms with Gasteiger partial charge in [-0.15, -0.1) is 0 Å². The SMILES string of the molecule is CCCNC(C)(Cn1ncc(Cl)c1C)C(=O)OC. The quantitative estimate of drug-likeness (QED) is 0.803. The molecule has 0 bridgehead atoms. The molecule has 0 saturated heterocycles. The van der Waals surface area contributed by atoms with Gasteiger partial charge in [-0.3, -0.25) is 4.68 Å². The van der Waals surface area contributed by atoms with Crippen LogP contribution in [0.3, 0.4) is 0 Å². The molecule has 0 aliphatic carbocycles. The molecular formula is C12H20ClN3O2. The minimum atomic E-state index is -0.801. The van der Waals surface area contributed by atoms with Gasteiger partial charge in [0.1, 0.15) is 5.54 Å². The molecule has 1 rings (SSSR count). The molecule has 1 atom stereocenters. The van der Waals surface area contributed by atoms with Crippen LogP contribution in [-0.4, -0.2) is 34.9 Å². The van der Waals surface area contributed by atoms with Crippen molar-refractivity contribution < 1.29 is 9.53 Å². The third kappa shape index (κ3) is 3.23. The predicted octanol–water partition coefficient (Wildman–Crippen LogP) is 1.78. The van der Waals surface area contributed by atoms with Crippen molar-refractivity contribution in [2.45, 2.75) is 39.3 Å². The first kappa shape index (κ1) is 15.0. The molecule has 5 nitrogen and oxygen atoms in total. The smallest absolute Gasteiger partial charge is 0.327 e. The fourth-order valence-corrected chi connectivity index (χ4v) is 1.84. The van der Waals surface area contributed by atoms with Crippen molar-refractivity contribution in [3.63, 3.8) is 0 Å². The second kappa shape index (κ2) is 6.20. The van der Waals surface area contributed by atoms with Crippen molar-refractivity contribution in [3.8, 4) is 0 Å². The maximum atomic E-state index is 11.9. The van der Waals surface area contributed by atoms with Gasteiger partial charge < -0.3 is 10.1 Å². The van der Waals surface area contributed by atoms with E-state index >= 15 is 0 Å². The van der Waals surface area contributed by atoms with Crippen LogP contribution in [0.25, 0.3) is 0 Å². The van der Waals surface area contributed by atoms with Gasteiger partial charge in [0.2, 0.25) is 0 Å². The van der Waals surface area contributed by atoms with Crippen LogP contribution in [0.4, 0.5) is 0 Å². The molecule has 0 amide bonds. The Labute approximate surface area is 112 Å². The second-order valence-electron chi connectivity index (χ2n) is 4.49. The highest BCUT2D eigenvalue weighted by molar-refractivity contribution is 6.31. The van der Waals surface area contributed by atoms with E-state index in [-0.39, 0.29) is 5.97 Å². The lowest BCUT2D eigenvalue weighted by atomic mass is 10.0. The van der Waals surface area contributed by atoms with Gasteiger partial charge in [-0.25, -0.2) is 4.79 Å². The van der Waals surface area contributed by atoms with Crippen LogP contribution in [0.1, 0.15) is 26.0 Å². The molecule has 0 aliphatic rings. The van der Waals surface area contributed by atoms with E-state index in [0.717, 1.165) is 18.7 Å². The molecule has 0 saturated carbocycles. The van der Waals surface area contributed by atoms with Gasteiger partial charge in [-0.2, -0.15) is 5.10 Å². The molecule has 1 unspecified atom stereocenters. The summed E-state index contributed by atoms with van der Waals surface area (Å²) in [6, 6.07) is 0. The number of hydrogen-bond acceptors (Lipinski definition) is 4. The Morgan fingerprint density at radius 3 is 2.78 bits per heavy atom. The largest absolute Gasteiger partial charge is 0.468 e. The summed E-state index contributed by atoms with van der Waals surface area (Å²) in [4.78, 5) is 11.9. The van der Waals surface area contributed by atoms with Crippen molar-refractivity contribution >= 4 is 17.6 Å². The number of aromatic nitrogens is 2. The van der Waals surface area contributed by atoms with Crippen molar-refractivity contribution in [1.29, 1.82) is 0 Å². The molecule has 6 heteroatoms. The van der Waals surface area contributed by atoms with Crippen molar-refractivity contribution in [1.82, 2.24) is 15.1 Å². The van der Waals surface area contributed by atoms with Gasteiger partial charge in [0.05, 0.1) is 30.6 Å². The van der Waals surface area contributed by atoms with E-state index in [2.05, 4.69) is 10.4 Å². The number of esters is 1. The number of nitrogens with zero attached hydrogens (tertiary/aromatic N) is 2. The van der Waals surface area contributed by atoms with E-state index in [1.54, 1.807) is 10.9 Å². The maximum Gasteiger partial charge on any atom is 0.327 e. The van der Waals surface area contributed by atoms with Crippen molar-refractivity contribution in [3.05, 3.63) is 16.9 Å². The molecule has 1 heterocycles. The Balaban J connectivity index is 2.91. The predicted molar refractivity (Wildman–Crippen MR) is 70.7 cm³/mol. The third-order valence-corrected chi connectivity index (χ3v) is 3.28. The molecule has 102 valence electrons. The average Bonchev–Trinajstić information content (AvgIpc) is 2.67. The minimum absolute atomic E-state index is 0.304. The first-order chi connectivity index (χ1) is 8.44. The Morgan fingerprint density at radius 1 is 1.67 bits per heavy atom. The summed E-state index contributed by atoms with van der Waals surface area (Å²) in [6.07, 6.45) is 2.51. The van der Waals surface area contributed by atoms with Crippen LogP contribution < -0.4 is 5.32 Å². The highest BCUT2D eigenvalue weighted by Gasteiger charge is 2.35. The summed E-state index contributed by atoms with van der Waals surface area (Å²) >= 11 is 5.96. The van der Waals surface area contributed by atoms with Crippen LogP contribution in [0, 0.1) is 6.92 Å². The minimum Gasteiger partial charge on any atom is -0.468 e. The zero-order valence-electron chi connectivity index (χ0n) is 11.3. The van der Waals surface area contributed by atoms with Gasteiger partial charge in [-0.05, 0) is 26.8 Å². The molecule has 0 spiro atoms. The molecule has 0 fully saturated rings. The van der Waals surface area contributed by atoms with Crippen molar-refractivity contribution in [2.75, 3.05) is 13.7 Å². The van der Waals surface area contributed by atoms with Gasteiger partial charge >= 0.3 is 5.97 Å². The number of carbonyl (C=O) groups excluding carboxylic acids is 1.